The second-order valence-electron chi connectivity index (χ2n) is 7.54. The summed E-state index contributed by atoms with van der Waals surface area (Å²) in [6, 6.07) is 5.86. The van der Waals surface area contributed by atoms with Crippen LogP contribution in [0, 0.1) is 5.92 Å². The van der Waals surface area contributed by atoms with Crippen molar-refractivity contribution in [2.75, 3.05) is 11.9 Å². The highest BCUT2D eigenvalue weighted by Crippen LogP contribution is 2.41. The van der Waals surface area contributed by atoms with Crippen LogP contribution in [0.3, 0.4) is 0 Å². The summed E-state index contributed by atoms with van der Waals surface area (Å²) in [6.45, 7) is 2.47. The molecule has 1 saturated carbocycles. The molecule has 5 N–H and O–H groups in total. The maximum atomic E-state index is 13.0. The van der Waals surface area contributed by atoms with Gasteiger partial charge in [-0.25, -0.2) is 9.48 Å². The summed E-state index contributed by atoms with van der Waals surface area (Å²) in [4.78, 5) is 23.8. The van der Waals surface area contributed by atoms with Gasteiger partial charge in [0.05, 0.1) is 12.3 Å². The molecule has 9 nitrogen and oxygen atoms in total. The Morgan fingerprint density at radius 1 is 1.31 bits per heavy atom. The molecule has 1 aliphatic rings. The molecule has 1 aromatic carbocycles. The van der Waals surface area contributed by atoms with Crippen LogP contribution in [0.2, 0.25) is 0 Å². The minimum absolute atomic E-state index is 0.0510. The minimum atomic E-state index is -0.587. The Kier molecular flexibility index (Phi) is 6.82. The summed E-state index contributed by atoms with van der Waals surface area (Å²) < 4.78 is 1.61. The van der Waals surface area contributed by atoms with E-state index < -0.39 is 12.1 Å². The van der Waals surface area contributed by atoms with Gasteiger partial charge in [-0.05, 0) is 49.3 Å². The molecule has 3 amide bonds. The van der Waals surface area contributed by atoms with E-state index in [2.05, 4.69) is 27.9 Å². The van der Waals surface area contributed by atoms with Crippen molar-refractivity contribution in [1.29, 1.82) is 0 Å². The monoisotopic (exact) mass is 400 g/mol. The number of nitrogens with zero attached hydrogens (tertiary/aromatic N) is 3. The molecule has 1 heterocycles. The molecule has 0 spiro atoms. The molecule has 0 saturated heterocycles. The third kappa shape index (κ3) is 5.77. The second kappa shape index (κ2) is 9.51. The fourth-order valence-corrected chi connectivity index (χ4v) is 3.30. The third-order valence-electron chi connectivity index (χ3n) is 5.30. The number of aliphatic hydroxyl groups excluding tert-OH is 1. The highest BCUT2D eigenvalue weighted by molar-refractivity contribution is 5.93. The number of benzene rings is 1. The normalized spacial score (nSPS) is 15.5. The van der Waals surface area contributed by atoms with Gasteiger partial charge in [0.1, 0.15) is 6.04 Å². The summed E-state index contributed by atoms with van der Waals surface area (Å²) in [5.74, 6) is 0.767. The van der Waals surface area contributed by atoms with Crippen LogP contribution in [0.15, 0.2) is 30.5 Å². The molecular weight excluding hydrogens is 372 g/mol. The van der Waals surface area contributed by atoms with Crippen molar-refractivity contribution in [3.63, 3.8) is 0 Å². The number of aliphatic hydroxyl groups is 1. The van der Waals surface area contributed by atoms with Crippen LogP contribution in [-0.4, -0.2) is 38.6 Å². The van der Waals surface area contributed by atoms with Crippen molar-refractivity contribution in [3.8, 4) is 0 Å². The predicted octanol–water partition coefficient (Wildman–Crippen LogP) is 1.91. The molecule has 1 aliphatic carbocycles. The average Bonchev–Trinajstić information content (AvgIpc) is 3.45. The lowest BCUT2D eigenvalue weighted by atomic mass is 10.0. The first-order valence-corrected chi connectivity index (χ1v) is 9.93. The predicted molar refractivity (Wildman–Crippen MR) is 108 cm³/mol. The first-order valence-electron chi connectivity index (χ1n) is 9.93. The lowest BCUT2D eigenvalue weighted by Gasteiger charge is -2.17. The fraction of sp³-hybridized carbons (Fsp3) is 0.500. The molecular formula is C20H28N6O3. The van der Waals surface area contributed by atoms with E-state index in [-0.39, 0.29) is 12.5 Å². The fourth-order valence-electron chi connectivity index (χ4n) is 3.30. The van der Waals surface area contributed by atoms with Crippen molar-refractivity contribution in [2.45, 2.75) is 51.2 Å². The number of nitrogens with one attached hydrogen (secondary N) is 2. The Labute approximate surface area is 169 Å². The van der Waals surface area contributed by atoms with Crippen molar-refractivity contribution in [2.24, 2.45) is 11.7 Å². The molecule has 3 rings (SSSR count). The smallest absolute Gasteiger partial charge is 0.312 e. The Hall–Kier alpha value is -2.94. The molecule has 1 aromatic heterocycles. The van der Waals surface area contributed by atoms with E-state index in [1.807, 2.05) is 6.20 Å². The Balaban J connectivity index is 1.70. The number of carbonyl (C=O) groups excluding carboxylic acids is 2. The summed E-state index contributed by atoms with van der Waals surface area (Å²) >= 11 is 0. The molecule has 0 radical (unpaired) electrons. The van der Waals surface area contributed by atoms with E-state index in [0.717, 1.165) is 11.3 Å². The van der Waals surface area contributed by atoms with Crippen LogP contribution in [0.25, 0.3) is 0 Å². The van der Waals surface area contributed by atoms with Crippen LogP contribution in [0.5, 0.6) is 0 Å². The number of urea groups is 1. The van der Waals surface area contributed by atoms with Crippen LogP contribution < -0.4 is 16.4 Å². The maximum absolute atomic E-state index is 13.0. The summed E-state index contributed by atoms with van der Waals surface area (Å²) in [6.07, 6.45) is 5.31. The highest BCUT2D eigenvalue weighted by atomic mass is 16.3. The van der Waals surface area contributed by atoms with Gasteiger partial charge in [0.25, 0.3) is 0 Å². The van der Waals surface area contributed by atoms with Gasteiger partial charge in [0.2, 0.25) is 5.91 Å². The van der Waals surface area contributed by atoms with Gasteiger partial charge in [0, 0.05) is 24.3 Å². The van der Waals surface area contributed by atoms with Crippen LogP contribution in [0.4, 0.5) is 10.5 Å². The molecule has 2 atom stereocenters. The van der Waals surface area contributed by atoms with E-state index in [1.54, 1.807) is 28.9 Å². The Bertz CT molecular complexity index is 831. The van der Waals surface area contributed by atoms with Crippen molar-refractivity contribution in [1.82, 2.24) is 20.3 Å². The first kappa shape index (κ1) is 20.8. The molecule has 2 aromatic rings. The number of amides is 3. The summed E-state index contributed by atoms with van der Waals surface area (Å²) in [5, 5.41) is 23.1. The van der Waals surface area contributed by atoms with E-state index in [0.29, 0.717) is 36.9 Å². The number of anilines is 1. The van der Waals surface area contributed by atoms with Crippen LogP contribution in [0.1, 0.15) is 55.8 Å². The average molecular weight is 400 g/mol. The minimum Gasteiger partial charge on any atom is -0.392 e. The number of rotatable bonds is 10. The van der Waals surface area contributed by atoms with Gasteiger partial charge in [-0.1, -0.05) is 24.3 Å². The van der Waals surface area contributed by atoms with E-state index in [1.165, 1.54) is 12.8 Å². The quantitative estimate of drug-likeness (QED) is 0.452. The number of aromatic nitrogens is 3. The SMILES string of the molecule is C[C@H](c1cn([C@@H](CCCNC(N)=O)C(=O)Nc2ccc(CO)cc2)nn1)C1CC1. The van der Waals surface area contributed by atoms with Gasteiger partial charge in [0.15, 0.2) is 0 Å². The van der Waals surface area contributed by atoms with Gasteiger partial charge in [-0.2, -0.15) is 0 Å². The highest BCUT2D eigenvalue weighted by Gasteiger charge is 2.31. The van der Waals surface area contributed by atoms with E-state index >= 15 is 0 Å². The standard InChI is InChI=1S/C20H28N6O3/c1-13(15-6-7-15)17-11-26(25-24-17)18(3-2-10-22-20(21)29)19(28)23-16-8-4-14(12-27)5-9-16/h4-5,8-9,11,13,15,18,27H,2-3,6-7,10,12H2,1H3,(H,23,28)(H3,21,22,29)/t13-,18-/m0/s1. The molecule has 1 fully saturated rings. The Morgan fingerprint density at radius 3 is 2.66 bits per heavy atom. The zero-order chi connectivity index (χ0) is 20.8. The topological polar surface area (TPSA) is 135 Å². The van der Waals surface area contributed by atoms with Crippen molar-refractivity contribution in [3.05, 3.63) is 41.7 Å². The largest absolute Gasteiger partial charge is 0.392 e. The van der Waals surface area contributed by atoms with E-state index in [4.69, 9.17) is 10.8 Å². The number of hydrogen-bond acceptors (Lipinski definition) is 5. The molecule has 0 bridgehead atoms. The Morgan fingerprint density at radius 2 is 2.03 bits per heavy atom. The number of nitrogens with two attached hydrogens (primary N) is 1. The maximum Gasteiger partial charge on any atom is 0.312 e. The number of hydrogen-bond donors (Lipinski definition) is 4. The summed E-state index contributed by atoms with van der Waals surface area (Å²) in [7, 11) is 0. The van der Waals surface area contributed by atoms with Gasteiger partial charge in [-0.15, -0.1) is 5.10 Å². The number of carbonyl (C=O) groups is 2. The second-order valence-corrected chi connectivity index (χ2v) is 7.54. The van der Waals surface area contributed by atoms with E-state index in [9.17, 15) is 9.59 Å². The molecule has 156 valence electrons. The van der Waals surface area contributed by atoms with Gasteiger partial charge < -0.3 is 21.5 Å². The van der Waals surface area contributed by atoms with Gasteiger partial charge in [-0.3, -0.25) is 4.79 Å². The molecule has 0 aliphatic heterocycles. The lowest BCUT2D eigenvalue weighted by Crippen LogP contribution is -2.31. The lowest BCUT2D eigenvalue weighted by molar-refractivity contribution is -0.119. The zero-order valence-electron chi connectivity index (χ0n) is 16.5. The summed E-state index contributed by atoms with van der Waals surface area (Å²) in [5.41, 5.74) is 7.41. The van der Waals surface area contributed by atoms with Crippen molar-refractivity contribution >= 4 is 17.6 Å². The van der Waals surface area contributed by atoms with Crippen molar-refractivity contribution < 1.29 is 14.7 Å². The van der Waals surface area contributed by atoms with Gasteiger partial charge >= 0.3 is 6.03 Å². The molecule has 0 unspecified atom stereocenters. The molecule has 9 heteroatoms. The van der Waals surface area contributed by atoms with Crippen LogP contribution >= 0.6 is 0 Å². The number of primary amides is 1. The van der Waals surface area contributed by atoms with Crippen LogP contribution in [-0.2, 0) is 11.4 Å². The first-order chi connectivity index (χ1) is 14.0. The molecule has 29 heavy (non-hydrogen) atoms. The third-order valence-corrected chi connectivity index (χ3v) is 5.30. The zero-order valence-corrected chi connectivity index (χ0v) is 16.5.